The van der Waals surface area contributed by atoms with E-state index in [1.807, 2.05) is 25.1 Å². The van der Waals surface area contributed by atoms with Crippen molar-refractivity contribution in [3.63, 3.8) is 0 Å². The SMILES string of the molecule is Cc1nnc(-c2cc3cc(O)ccc3[nH]2)cc1CN. The van der Waals surface area contributed by atoms with E-state index >= 15 is 0 Å². The van der Waals surface area contributed by atoms with Crippen molar-refractivity contribution in [3.8, 4) is 17.1 Å². The zero-order chi connectivity index (χ0) is 13.4. The van der Waals surface area contributed by atoms with Crippen LogP contribution >= 0.6 is 0 Å². The fourth-order valence-electron chi connectivity index (χ4n) is 2.09. The van der Waals surface area contributed by atoms with Crippen LogP contribution in [0.4, 0.5) is 0 Å². The number of rotatable bonds is 2. The minimum absolute atomic E-state index is 0.246. The van der Waals surface area contributed by atoms with E-state index in [0.29, 0.717) is 6.54 Å². The van der Waals surface area contributed by atoms with Gasteiger partial charge in [-0.05, 0) is 42.8 Å². The lowest BCUT2D eigenvalue weighted by Crippen LogP contribution is -2.03. The summed E-state index contributed by atoms with van der Waals surface area (Å²) in [6, 6.07) is 9.07. The number of nitrogens with zero attached hydrogens (tertiary/aromatic N) is 2. The van der Waals surface area contributed by atoms with Gasteiger partial charge in [0.2, 0.25) is 0 Å². The second-order valence-corrected chi connectivity index (χ2v) is 4.50. The average Bonchev–Trinajstić information content (AvgIpc) is 2.82. The summed E-state index contributed by atoms with van der Waals surface area (Å²) in [6.07, 6.45) is 0. The van der Waals surface area contributed by atoms with Crippen LogP contribution in [0.3, 0.4) is 0 Å². The molecule has 0 saturated carbocycles. The molecule has 0 spiro atoms. The Morgan fingerprint density at radius 1 is 1.21 bits per heavy atom. The third kappa shape index (κ3) is 2.04. The van der Waals surface area contributed by atoms with Gasteiger partial charge in [-0.25, -0.2) is 0 Å². The quantitative estimate of drug-likeness (QED) is 0.653. The number of H-pyrrole nitrogens is 1. The molecule has 2 aromatic heterocycles. The van der Waals surface area contributed by atoms with Crippen LogP contribution in [0.5, 0.6) is 5.75 Å². The average molecular weight is 254 g/mol. The number of benzene rings is 1. The van der Waals surface area contributed by atoms with E-state index < -0.39 is 0 Å². The molecular formula is C14H14N4O. The smallest absolute Gasteiger partial charge is 0.116 e. The second-order valence-electron chi connectivity index (χ2n) is 4.50. The summed E-state index contributed by atoms with van der Waals surface area (Å²) < 4.78 is 0. The van der Waals surface area contributed by atoms with Gasteiger partial charge in [-0.3, -0.25) is 0 Å². The van der Waals surface area contributed by atoms with E-state index in [1.165, 1.54) is 0 Å². The van der Waals surface area contributed by atoms with Crippen molar-refractivity contribution in [3.05, 3.63) is 41.6 Å². The van der Waals surface area contributed by atoms with Gasteiger partial charge >= 0.3 is 0 Å². The fourth-order valence-corrected chi connectivity index (χ4v) is 2.09. The summed E-state index contributed by atoms with van der Waals surface area (Å²) >= 11 is 0. The molecule has 0 aliphatic rings. The highest BCUT2D eigenvalue weighted by Gasteiger charge is 2.08. The first-order valence-corrected chi connectivity index (χ1v) is 6.03. The number of aryl methyl sites for hydroxylation is 1. The van der Waals surface area contributed by atoms with Crippen LogP contribution in [0.25, 0.3) is 22.3 Å². The number of aromatic hydroxyl groups is 1. The first-order chi connectivity index (χ1) is 9.17. The Hall–Kier alpha value is -2.40. The van der Waals surface area contributed by atoms with E-state index in [4.69, 9.17) is 5.73 Å². The molecule has 5 heteroatoms. The number of phenolic OH excluding ortho intramolecular Hbond substituents is 1. The lowest BCUT2D eigenvalue weighted by Gasteiger charge is -2.03. The molecule has 96 valence electrons. The molecule has 0 fully saturated rings. The zero-order valence-corrected chi connectivity index (χ0v) is 10.5. The number of hydrogen-bond donors (Lipinski definition) is 3. The summed E-state index contributed by atoms with van der Waals surface area (Å²) in [5.41, 5.74) is 10.1. The maximum absolute atomic E-state index is 9.47. The molecule has 0 atom stereocenters. The van der Waals surface area contributed by atoms with E-state index in [2.05, 4.69) is 15.2 Å². The van der Waals surface area contributed by atoms with Crippen LogP contribution < -0.4 is 5.73 Å². The summed E-state index contributed by atoms with van der Waals surface area (Å²) in [5, 5.41) is 18.7. The van der Waals surface area contributed by atoms with Crippen molar-refractivity contribution in [2.24, 2.45) is 5.73 Å². The van der Waals surface area contributed by atoms with Gasteiger partial charge in [0.05, 0.1) is 11.4 Å². The van der Waals surface area contributed by atoms with Crippen LogP contribution in [0.15, 0.2) is 30.3 Å². The summed E-state index contributed by atoms with van der Waals surface area (Å²) in [5.74, 6) is 0.246. The summed E-state index contributed by atoms with van der Waals surface area (Å²) in [6.45, 7) is 2.33. The Labute approximate surface area is 110 Å². The molecule has 3 rings (SSSR count). The predicted octanol–water partition coefficient (Wildman–Crippen LogP) is 2.10. The molecule has 0 aliphatic heterocycles. The molecule has 5 nitrogen and oxygen atoms in total. The Morgan fingerprint density at radius 2 is 2.05 bits per heavy atom. The maximum Gasteiger partial charge on any atom is 0.116 e. The molecule has 19 heavy (non-hydrogen) atoms. The van der Waals surface area contributed by atoms with E-state index in [0.717, 1.165) is 33.5 Å². The first kappa shape index (κ1) is 11.7. The van der Waals surface area contributed by atoms with E-state index in [-0.39, 0.29) is 5.75 Å². The molecular weight excluding hydrogens is 240 g/mol. The largest absolute Gasteiger partial charge is 0.508 e. The maximum atomic E-state index is 9.47. The molecule has 0 bridgehead atoms. The number of aromatic amines is 1. The highest BCUT2D eigenvalue weighted by molar-refractivity contribution is 5.86. The van der Waals surface area contributed by atoms with Crippen molar-refractivity contribution < 1.29 is 5.11 Å². The topological polar surface area (TPSA) is 87.8 Å². The first-order valence-electron chi connectivity index (χ1n) is 6.03. The van der Waals surface area contributed by atoms with Gasteiger partial charge in [0.15, 0.2) is 0 Å². The molecule has 0 aliphatic carbocycles. The third-order valence-corrected chi connectivity index (χ3v) is 3.18. The Bertz CT molecular complexity index is 748. The van der Waals surface area contributed by atoms with E-state index in [9.17, 15) is 5.11 Å². The van der Waals surface area contributed by atoms with Crippen molar-refractivity contribution in [1.29, 1.82) is 0 Å². The minimum atomic E-state index is 0.246. The van der Waals surface area contributed by atoms with Crippen LogP contribution in [-0.2, 0) is 6.54 Å². The number of hydrogen-bond acceptors (Lipinski definition) is 4. The van der Waals surface area contributed by atoms with Gasteiger partial charge in [0, 0.05) is 17.4 Å². The summed E-state index contributed by atoms with van der Waals surface area (Å²) in [7, 11) is 0. The van der Waals surface area contributed by atoms with Crippen molar-refractivity contribution >= 4 is 10.9 Å². The standard InChI is InChI=1S/C14H14N4O/c1-8-10(7-15)6-14(18-17-8)13-5-9-4-11(19)2-3-12(9)16-13/h2-6,16,19H,7,15H2,1H3. The van der Waals surface area contributed by atoms with Crippen LogP contribution in [0, 0.1) is 6.92 Å². The lowest BCUT2D eigenvalue weighted by atomic mass is 10.1. The highest BCUT2D eigenvalue weighted by Crippen LogP contribution is 2.25. The van der Waals surface area contributed by atoms with Crippen LogP contribution in [0.1, 0.15) is 11.3 Å². The Kier molecular flexibility index (Phi) is 2.68. The van der Waals surface area contributed by atoms with Crippen LogP contribution in [0.2, 0.25) is 0 Å². The van der Waals surface area contributed by atoms with Crippen molar-refractivity contribution in [1.82, 2.24) is 15.2 Å². The highest BCUT2D eigenvalue weighted by atomic mass is 16.3. The lowest BCUT2D eigenvalue weighted by molar-refractivity contribution is 0.476. The number of fused-ring (bicyclic) bond motifs is 1. The number of nitrogens with one attached hydrogen (secondary N) is 1. The molecule has 0 unspecified atom stereocenters. The van der Waals surface area contributed by atoms with Gasteiger partial charge in [0.25, 0.3) is 0 Å². The van der Waals surface area contributed by atoms with Gasteiger partial charge in [0.1, 0.15) is 11.4 Å². The fraction of sp³-hybridized carbons (Fsp3) is 0.143. The molecule has 0 radical (unpaired) electrons. The predicted molar refractivity (Wildman–Crippen MR) is 73.6 cm³/mol. The molecule has 0 amide bonds. The minimum Gasteiger partial charge on any atom is -0.508 e. The van der Waals surface area contributed by atoms with Gasteiger partial charge in [-0.1, -0.05) is 0 Å². The van der Waals surface area contributed by atoms with Gasteiger partial charge < -0.3 is 15.8 Å². The molecule has 4 N–H and O–H groups in total. The van der Waals surface area contributed by atoms with Gasteiger partial charge in [-0.2, -0.15) is 5.10 Å². The molecule has 2 heterocycles. The number of phenols is 1. The van der Waals surface area contributed by atoms with Crippen LogP contribution in [-0.4, -0.2) is 20.3 Å². The normalized spacial score (nSPS) is 11.1. The molecule has 0 saturated heterocycles. The van der Waals surface area contributed by atoms with Crippen molar-refractivity contribution in [2.45, 2.75) is 13.5 Å². The second kappa shape index (κ2) is 4.37. The Morgan fingerprint density at radius 3 is 2.84 bits per heavy atom. The third-order valence-electron chi connectivity index (χ3n) is 3.18. The summed E-state index contributed by atoms with van der Waals surface area (Å²) in [4.78, 5) is 3.26. The Balaban J connectivity index is 2.13. The number of nitrogens with two attached hydrogens (primary N) is 1. The molecule has 1 aromatic carbocycles. The number of aromatic nitrogens is 3. The monoisotopic (exact) mass is 254 g/mol. The van der Waals surface area contributed by atoms with E-state index in [1.54, 1.807) is 12.1 Å². The van der Waals surface area contributed by atoms with Gasteiger partial charge in [-0.15, -0.1) is 5.10 Å². The zero-order valence-electron chi connectivity index (χ0n) is 10.5. The van der Waals surface area contributed by atoms with Crippen molar-refractivity contribution in [2.75, 3.05) is 0 Å². The molecule has 3 aromatic rings.